The highest BCUT2D eigenvalue weighted by Crippen LogP contribution is 2.17. The van der Waals surface area contributed by atoms with Gasteiger partial charge in [-0.1, -0.05) is 54.6 Å². The Morgan fingerprint density at radius 2 is 1.68 bits per heavy atom. The first-order valence-electron chi connectivity index (χ1n) is 9.38. The first kappa shape index (κ1) is 19.5. The Morgan fingerprint density at radius 3 is 2.46 bits per heavy atom. The highest BCUT2D eigenvalue weighted by Gasteiger charge is 2.12. The number of amides is 1. The van der Waals surface area contributed by atoms with Crippen LogP contribution in [0.1, 0.15) is 28.4 Å². The molecular weight excluding hydrogens is 350 g/mol. The van der Waals surface area contributed by atoms with Gasteiger partial charge in [0.2, 0.25) is 0 Å². The third-order valence-electron chi connectivity index (χ3n) is 4.30. The van der Waals surface area contributed by atoms with Gasteiger partial charge in [-0.3, -0.25) is 4.79 Å². The molecule has 0 aliphatic rings. The lowest BCUT2D eigenvalue weighted by Crippen LogP contribution is -2.36. The fourth-order valence-electron chi connectivity index (χ4n) is 2.75. The molecule has 3 aromatic rings. The summed E-state index contributed by atoms with van der Waals surface area (Å²) in [5.74, 6) is 1.35. The number of hydrogen-bond acceptors (Lipinski definition) is 3. The average Bonchev–Trinajstić information content (AvgIpc) is 2.72. The molecule has 0 fully saturated rings. The van der Waals surface area contributed by atoms with Crippen LogP contribution >= 0.6 is 0 Å². The second-order valence-corrected chi connectivity index (χ2v) is 6.75. The Hall–Kier alpha value is -3.27. The van der Waals surface area contributed by atoms with E-state index in [-0.39, 0.29) is 11.9 Å². The van der Waals surface area contributed by atoms with Crippen LogP contribution in [0.4, 0.5) is 0 Å². The lowest BCUT2D eigenvalue weighted by atomic mass is 10.2. The fourth-order valence-corrected chi connectivity index (χ4v) is 2.75. The molecular formula is C24H25NO3. The van der Waals surface area contributed by atoms with Crippen molar-refractivity contribution in [3.63, 3.8) is 0 Å². The van der Waals surface area contributed by atoms with Crippen LogP contribution in [0.25, 0.3) is 0 Å². The summed E-state index contributed by atoms with van der Waals surface area (Å²) in [5.41, 5.74) is 2.72. The average molecular weight is 375 g/mol. The summed E-state index contributed by atoms with van der Waals surface area (Å²) >= 11 is 0. The van der Waals surface area contributed by atoms with Gasteiger partial charge in [0.25, 0.3) is 5.91 Å². The molecule has 1 N–H and O–H groups in total. The van der Waals surface area contributed by atoms with E-state index in [0.717, 1.165) is 16.9 Å². The van der Waals surface area contributed by atoms with Crippen molar-refractivity contribution in [2.24, 2.45) is 0 Å². The summed E-state index contributed by atoms with van der Waals surface area (Å²) in [5, 5.41) is 2.97. The molecule has 0 heterocycles. The molecule has 0 aromatic heterocycles. The SMILES string of the molecule is Cc1ccccc1OCC(C)NC(=O)c1cccc(OCc2ccccc2)c1. The van der Waals surface area contributed by atoms with Gasteiger partial charge in [0, 0.05) is 5.56 Å². The standard InChI is InChI=1S/C24H25NO3/c1-18-9-6-7-14-23(18)28-16-19(2)25-24(26)21-12-8-13-22(15-21)27-17-20-10-4-3-5-11-20/h3-15,19H,16-17H2,1-2H3,(H,25,26). The highest BCUT2D eigenvalue weighted by atomic mass is 16.5. The quantitative estimate of drug-likeness (QED) is 0.617. The first-order chi connectivity index (χ1) is 13.6. The molecule has 4 heteroatoms. The van der Waals surface area contributed by atoms with Crippen LogP contribution in [-0.2, 0) is 6.61 Å². The van der Waals surface area contributed by atoms with Crippen LogP contribution < -0.4 is 14.8 Å². The molecule has 144 valence electrons. The van der Waals surface area contributed by atoms with Crippen molar-refractivity contribution in [2.75, 3.05) is 6.61 Å². The van der Waals surface area contributed by atoms with Crippen molar-refractivity contribution >= 4 is 5.91 Å². The number of nitrogens with one attached hydrogen (secondary N) is 1. The molecule has 0 spiro atoms. The zero-order chi connectivity index (χ0) is 19.8. The van der Waals surface area contributed by atoms with Crippen molar-refractivity contribution in [3.8, 4) is 11.5 Å². The van der Waals surface area contributed by atoms with E-state index in [9.17, 15) is 4.79 Å². The molecule has 3 rings (SSSR count). The fraction of sp³-hybridized carbons (Fsp3) is 0.208. The number of hydrogen-bond donors (Lipinski definition) is 1. The molecule has 3 aromatic carbocycles. The zero-order valence-electron chi connectivity index (χ0n) is 16.2. The maximum absolute atomic E-state index is 12.5. The minimum atomic E-state index is -0.147. The van der Waals surface area contributed by atoms with Gasteiger partial charge in [0.05, 0.1) is 6.04 Å². The Balaban J connectivity index is 1.53. The van der Waals surface area contributed by atoms with Gasteiger partial charge in [0.1, 0.15) is 24.7 Å². The van der Waals surface area contributed by atoms with E-state index in [1.165, 1.54) is 0 Å². The first-order valence-corrected chi connectivity index (χ1v) is 9.38. The van der Waals surface area contributed by atoms with Crippen molar-refractivity contribution in [1.29, 1.82) is 0 Å². The minimum absolute atomic E-state index is 0.124. The van der Waals surface area contributed by atoms with Crippen LogP contribution in [0.3, 0.4) is 0 Å². The van der Waals surface area contributed by atoms with Crippen molar-refractivity contribution in [3.05, 3.63) is 95.6 Å². The van der Waals surface area contributed by atoms with Gasteiger partial charge in [-0.15, -0.1) is 0 Å². The topological polar surface area (TPSA) is 47.6 Å². The van der Waals surface area contributed by atoms with Gasteiger partial charge in [-0.2, -0.15) is 0 Å². The van der Waals surface area contributed by atoms with Gasteiger partial charge in [0.15, 0.2) is 0 Å². The van der Waals surface area contributed by atoms with Gasteiger partial charge >= 0.3 is 0 Å². The largest absolute Gasteiger partial charge is 0.491 e. The number of ether oxygens (including phenoxy) is 2. The molecule has 0 saturated heterocycles. The third-order valence-corrected chi connectivity index (χ3v) is 4.30. The van der Waals surface area contributed by atoms with Crippen molar-refractivity contribution < 1.29 is 14.3 Å². The summed E-state index contributed by atoms with van der Waals surface area (Å²) in [6, 6.07) is 24.9. The number of carbonyl (C=O) groups is 1. The van der Waals surface area contributed by atoms with E-state index >= 15 is 0 Å². The van der Waals surface area contributed by atoms with Crippen LogP contribution in [-0.4, -0.2) is 18.6 Å². The van der Waals surface area contributed by atoms with E-state index in [4.69, 9.17) is 9.47 Å². The second kappa shape index (κ2) is 9.60. The molecule has 0 aliphatic carbocycles. The number of aryl methyl sites for hydroxylation is 1. The highest BCUT2D eigenvalue weighted by molar-refractivity contribution is 5.94. The van der Waals surface area contributed by atoms with Gasteiger partial charge < -0.3 is 14.8 Å². The van der Waals surface area contributed by atoms with Crippen molar-refractivity contribution in [1.82, 2.24) is 5.32 Å². The monoisotopic (exact) mass is 375 g/mol. The van der Waals surface area contributed by atoms with Gasteiger partial charge in [-0.05, 0) is 49.2 Å². The van der Waals surface area contributed by atoms with E-state index in [1.807, 2.05) is 80.6 Å². The number of rotatable bonds is 8. The lowest BCUT2D eigenvalue weighted by Gasteiger charge is -2.16. The van der Waals surface area contributed by atoms with Crippen LogP contribution in [0, 0.1) is 6.92 Å². The Bertz CT molecular complexity index is 908. The third kappa shape index (κ3) is 5.61. The molecule has 1 unspecified atom stereocenters. The minimum Gasteiger partial charge on any atom is -0.491 e. The smallest absolute Gasteiger partial charge is 0.251 e. The zero-order valence-corrected chi connectivity index (χ0v) is 16.2. The van der Waals surface area contributed by atoms with Crippen LogP contribution in [0.2, 0.25) is 0 Å². The predicted octanol–water partition coefficient (Wildman–Crippen LogP) is 4.77. The lowest BCUT2D eigenvalue weighted by molar-refractivity contribution is 0.0926. The summed E-state index contributed by atoms with van der Waals surface area (Å²) in [6.07, 6.45) is 0. The van der Waals surface area contributed by atoms with E-state index in [1.54, 1.807) is 12.1 Å². The molecule has 1 amide bonds. The van der Waals surface area contributed by atoms with Crippen molar-refractivity contribution in [2.45, 2.75) is 26.5 Å². The molecule has 1 atom stereocenters. The number of para-hydroxylation sites is 1. The van der Waals surface area contributed by atoms with Gasteiger partial charge in [-0.25, -0.2) is 0 Å². The second-order valence-electron chi connectivity index (χ2n) is 6.75. The van der Waals surface area contributed by atoms with E-state index in [0.29, 0.717) is 24.5 Å². The predicted molar refractivity (Wildman–Crippen MR) is 111 cm³/mol. The normalized spacial score (nSPS) is 11.5. The van der Waals surface area contributed by atoms with Crippen LogP contribution in [0.15, 0.2) is 78.9 Å². The number of carbonyl (C=O) groups excluding carboxylic acids is 1. The maximum atomic E-state index is 12.5. The molecule has 0 bridgehead atoms. The molecule has 4 nitrogen and oxygen atoms in total. The summed E-state index contributed by atoms with van der Waals surface area (Å²) < 4.78 is 11.6. The van der Waals surface area contributed by atoms with Crippen LogP contribution in [0.5, 0.6) is 11.5 Å². The Labute approximate surface area is 166 Å². The summed E-state index contributed by atoms with van der Waals surface area (Å²) in [7, 11) is 0. The molecule has 0 aliphatic heterocycles. The van der Waals surface area contributed by atoms with E-state index < -0.39 is 0 Å². The Kier molecular flexibility index (Phi) is 6.68. The summed E-state index contributed by atoms with van der Waals surface area (Å²) in [4.78, 5) is 12.5. The summed E-state index contributed by atoms with van der Waals surface area (Å²) in [6.45, 7) is 4.79. The maximum Gasteiger partial charge on any atom is 0.251 e. The number of benzene rings is 3. The molecule has 0 saturated carbocycles. The molecule has 0 radical (unpaired) electrons. The van der Waals surface area contributed by atoms with E-state index in [2.05, 4.69) is 5.32 Å². The Morgan fingerprint density at radius 1 is 0.929 bits per heavy atom. The molecule has 28 heavy (non-hydrogen) atoms.